The monoisotopic (exact) mass is 393 g/mol. The Morgan fingerprint density at radius 2 is 1.84 bits per heavy atom. The summed E-state index contributed by atoms with van der Waals surface area (Å²) in [5.74, 6) is -0.717. The molecular weight excluding hydrogens is 373 g/mol. The lowest BCUT2D eigenvalue weighted by Gasteiger charge is -2.23. The van der Waals surface area contributed by atoms with Crippen LogP contribution in [0.1, 0.15) is 26.3 Å². The lowest BCUT2D eigenvalue weighted by Crippen LogP contribution is -2.44. The topological polar surface area (TPSA) is 94.1 Å². The Bertz CT molecular complexity index is 657. The Morgan fingerprint density at radius 3 is 2.28 bits per heavy atom. The number of aliphatic carboxylic acids is 1. The van der Waals surface area contributed by atoms with Crippen LogP contribution in [0.4, 0.5) is 4.79 Å². The highest BCUT2D eigenvalue weighted by Crippen LogP contribution is 2.41. The molecule has 1 amide bonds. The van der Waals surface area contributed by atoms with Crippen molar-refractivity contribution in [3.63, 3.8) is 0 Å². The lowest BCUT2D eigenvalue weighted by molar-refractivity contribution is -0.139. The van der Waals surface area contributed by atoms with Crippen molar-refractivity contribution in [3.8, 4) is 11.5 Å². The van der Waals surface area contributed by atoms with Crippen molar-refractivity contribution in [3.05, 3.63) is 21.7 Å². The van der Waals surface area contributed by atoms with E-state index in [4.69, 9.17) is 37.4 Å². The zero-order valence-electron chi connectivity index (χ0n) is 14.6. The molecule has 140 valence electrons. The van der Waals surface area contributed by atoms with Gasteiger partial charge in [0.25, 0.3) is 0 Å². The van der Waals surface area contributed by atoms with E-state index in [-0.39, 0.29) is 22.2 Å². The average molecular weight is 394 g/mol. The van der Waals surface area contributed by atoms with Crippen molar-refractivity contribution in [2.45, 2.75) is 38.8 Å². The van der Waals surface area contributed by atoms with E-state index >= 15 is 0 Å². The molecule has 9 heteroatoms. The highest BCUT2D eigenvalue weighted by Gasteiger charge is 2.27. The minimum atomic E-state index is -1.29. The second-order valence-corrected chi connectivity index (χ2v) is 6.91. The van der Waals surface area contributed by atoms with Crippen LogP contribution in [0.15, 0.2) is 6.07 Å². The molecule has 1 unspecified atom stereocenters. The summed E-state index contributed by atoms with van der Waals surface area (Å²) in [6.45, 7) is 5.01. The maximum atomic E-state index is 11.8. The van der Waals surface area contributed by atoms with Crippen LogP contribution in [0.2, 0.25) is 10.0 Å². The average Bonchev–Trinajstić information content (AvgIpc) is 2.47. The molecule has 0 aromatic heterocycles. The van der Waals surface area contributed by atoms with Gasteiger partial charge in [0.05, 0.1) is 19.2 Å². The lowest BCUT2D eigenvalue weighted by atomic mass is 10.0. The summed E-state index contributed by atoms with van der Waals surface area (Å²) >= 11 is 12.4. The highest BCUT2D eigenvalue weighted by molar-refractivity contribution is 6.37. The van der Waals surface area contributed by atoms with Crippen LogP contribution < -0.4 is 14.8 Å². The summed E-state index contributed by atoms with van der Waals surface area (Å²) in [4.78, 5) is 23.3. The van der Waals surface area contributed by atoms with E-state index in [1.165, 1.54) is 20.3 Å². The van der Waals surface area contributed by atoms with Crippen molar-refractivity contribution in [2.75, 3.05) is 14.2 Å². The van der Waals surface area contributed by atoms with E-state index in [0.29, 0.717) is 11.3 Å². The molecule has 25 heavy (non-hydrogen) atoms. The van der Waals surface area contributed by atoms with E-state index in [9.17, 15) is 14.7 Å². The van der Waals surface area contributed by atoms with E-state index in [1.54, 1.807) is 20.8 Å². The van der Waals surface area contributed by atoms with Crippen LogP contribution >= 0.6 is 23.2 Å². The normalized spacial score (nSPS) is 12.3. The van der Waals surface area contributed by atoms with Gasteiger partial charge in [-0.25, -0.2) is 9.59 Å². The number of benzene rings is 1. The molecule has 0 spiro atoms. The fourth-order valence-corrected chi connectivity index (χ4v) is 2.67. The number of hydrogen-bond acceptors (Lipinski definition) is 5. The quantitative estimate of drug-likeness (QED) is 0.767. The third-order valence-electron chi connectivity index (χ3n) is 3.06. The van der Waals surface area contributed by atoms with E-state index in [2.05, 4.69) is 5.32 Å². The first kappa shape index (κ1) is 21.2. The van der Waals surface area contributed by atoms with Gasteiger partial charge in [0, 0.05) is 17.5 Å². The van der Waals surface area contributed by atoms with Crippen LogP contribution in [-0.2, 0) is 16.0 Å². The predicted molar refractivity (Wildman–Crippen MR) is 94.1 cm³/mol. The summed E-state index contributed by atoms with van der Waals surface area (Å²) in [7, 11) is 2.82. The van der Waals surface area contributed by atoms with Crippen LogP contribution in [0.25, 0.3) is 0 Å². The number of carboxylic acid groups (broad SMARTS) is 1. The number of halogens is 2. The van der Waals surface area contributed by atoms with E-state index in [0.717, 1.165) is 0 Å². The molecule has 0 saturated heterocycles. The Kier molecular flexibility index (Phi) is 7.19. The number of nitrogens with one attached hydrogen (secondary N) is 1. The van der Waals surface area contributed by atoms with Crippen molar-refractivity contribution < 1.29 is 28.9 Å². The largest absolute Gasteiger partial charge is 0.493 e. The molecule has 0 saturated carbocycles. The van der Waals surface area contributed by atoms with Crippen molar-refractivity contribution in [1.29, 1.82) is 0 Å². The second-order valence-electron chi connectivity index (χ2n) is 6.13. The first-order chi connectivity index (χ1) is 11.5. The van der Waals surface area contributed by atoms with Crippen molar-refractivity contribution >= 4 is 35.3 Å². The predicted octanol–water partition coefficient (Wildman–Crippen LogP) is 3.53. The van der Waals surface area contributed by atoms with Gasteiger partial charge in [-0.1, -0.05) is 23.2 Å². The van der Waals surface area contributed by atoms with Gasteiger partial charge in [-0.05, 0) is 26.3 Å². The minimum absolute atomic E-state index is 0.115. The molecule has 1 aromatic rings. The molecule has 0 aliphatic heterocycles. The van der Waals surface area contributed by atoms with Crippen molar-refractivity contribution in [1.82, 2.24) is 5.32 Å². The summed E-state index contributed by atoms with van der Waals surface area (Å²) < 4.78 is 15.4. The number of carboxylic acids is 1. The van der Waals surface area contributed by atoms with E-state index < -0.39 is 23.7 Å². The van der Waals surface area contributed by atoms with Crippen LogP contribution in [0.5, 0.6) is 11.5 Å². The van der Waals surface area contributed by atoms with E-state index in [1.807, 2.05) is 0 Å². The number of amides is 1. The summed E-state index contributed by atoms with van der Waals surface area (Å²) in [5.41, 5.74) is -0.449. The highest BCUT2D eigenvalue weighted by atomic mass is 35.5. The zero-order valence-corrected chi connectivity index (χ0v) is 16.1. The number of carbonyl (C=O) groups excluding carboxylic acids is 1. The number of alkyl carbamates (subject to hydrolysis) is 1. The number of methoxy groups -OCH3 is 2. The molecule has 0 radical (unpaired) electrons. The van der Waals surface area contributed by atoms with Gasteiger partial charge < -0.3 is 24.6 Å². The maximum absolute atomic E-state index is 11.8. The number of ether oxygens (including phenoxy) is 3. The Labute approximate surface area is 156 Å². The van der Waals surface area contributed by atoms with Crippen LogP contribution in [-0.4, -0.2) is 43.0 Å². The molecule has 1 atom stereocenters. The molecule has 2 N–H and O–H groups in total. The standard InChI is InChI=1S/C16H21Cl2NO6/c1-16(2,3)25-15(22)19-10(14(20)21)6-8-9(17)7-11(23-4)13(24-5)12(8)18/h7,10H,6H2,1-5H3,(H,19,22)(H,20,21). The van der Waals surface area contributed by atoms with Gasteiger partial charge in [0.1, 0.15) is 11.6 Å². The molecule has 0 bridgehead atoms. The molecule has 1 rings (SSSR count). The van der Waals surface area contributed by atoms with Crippen LogP contribution in [0, 0.1) is 0 Å². The van der Waals surface area contributed by atoms with Crippen LogP contribution in [0.3, 0.4) is 0 Å². The third kappa shape index (κ3) is 5.86. The smallest absolute Gasteiger partial charge is 0.408 e. The molecule has 0 aliphatic carbocycles. The zero-order chi connectivity index (χ0) is 19.4. The first-order valence-electron chi connectivity index (χ1n) is 7.31. The van der Waals surface area contributed by atoms with Gasteiger partial charge in [0.2, 0.25) is 0 Å². The Hall–Kier alpha value is -1.86. The summed E-state index contributed by atoms with van der Waals surface area (Å²) in [6, 6.07) is 0.177. The second kappa shape index (κ2) is 8.49. The van der Waals surface area contributed by atoms with Gasteiger partial charge >= 0.3 is 12.1 Å². The first-order valence-corrected chi connectivity index (χ1v) is 8.07. The summed E-state index contributed by atoms with van der Waals surface area (Å²) in [6.07, 6.45) is -1.01. The molecule has 7 nitrogen and oxygen atoms in total. The number of rotatable bonds is 6. The SMILES string of the molecule is COc1cc(Cl)c(CC(NC(=O)OC(C)(C)C)C(=O)O)c(Cl)c1OC. The molecule has 0 aliphatic rings. The maximum Gasteiger partial charge on any atom is 0.408 e. The van der Waals surface area contributed by atoms with Gasteiger partial charge in [-0.2, -0.15) is 0 Å². The molecular formula is C16H21Cl2NO6. The Morgan fingerprint density at radius 1 is 1.24 bits per heavy atom. The summed E-state index contributed by atoms with van der Waals surface area (Å²) in [5, 5.41) is 12.0. The molecule has 0 heterocycles. The Balaban J connectivity index is 3.11. The van der Waals surface area contributed by atoms with Gasteiger partial charge in [0.15, 0.2) is 11.5 Å². The fraction of sp³-hybridized carbons (Fsp3) is 0.500. The van der Waals surface area contributed by atoms with Crippen molar-refractivity contribution in [2.24, 2.45) is 0 Å². The molecule has 1 aromatic carbocycles. The number of hydrogen-bond donors (Lipinski definition) is 2. The minimum Gasteiger partial charge on any atom is -0.493 e. The third-order valence-corrected chi connectivity index (χ3v) is 3.79. The number of carbonyl (C=O) groups is 2. The van der Waals surface area contributed by atoms with Gasteiger partial charge in [-0.3, -0.25) is 0 Å². The molecule has 0 fully saturated rings. The fourth-order valence-electron chi connectivity index (χ4n) is 2.00. The van der Waals surface area contributed by atoms with Gasteiger partial charge in [-0.15, -0.1) is 0 Å².